The molecule has 13 heavy (non-hydrogen) atoms. The van der Waals surface area contributed by atoms with E-state index in [1.54, 1.807) is 11.9 Å². The number of carbonyl (C=O) groups is 2. The summed E-state index contributed by atoms with van der Waals surface area (Å²) in [6.45, 7) is 3.77. The zero-order valence-corrected chi connectivity index (χ0v) is 8.46. The van der Waals surface area contributed by atoms with Gasteiger partial charge in [0.1, 0.15) is 6.54 Å². The van der Waals surface area contributed by atoms with Crippen LogP contribution in [0.5, 0.6) is 0 Å². The molecule has 0 rings (SSSR count). The molecule has 0 heterocycles. The van der Waals surface area contributed by atoms with Crippen molar-refractivity contribution in [2.45, 2.75) is 19.9 Å². The van der Waals surface area contributed by atoms with Gasteiger partial charge in [-0.15, -0.1) is 0 Å². The molecule has 0 spiro atoms. The lowest BCUT2D eigenvalue weighted by Gasteiger charge is -2.21. The number of nitrogens with one attached hydrogen (secondary N) is 1. The lowest BCUT2D eigenvalue weighted by Crippen LogP contribution is -2.41. The molecule has 0 unspecified atom stereocenters. The highest BCUT2D eigenvalue weighted by Crippen LogP contribution is 1.92. The second-order valence-corrected chi connectivity index (χ2v) is 2.94. The lowest BCUT2D eigenvalue weighted by atomic mass is 10.3. The number of rotatable bonds is 3. The number of methoxy groups -OCH3 is 1. The third-order valence-electron chi connectivity index (χ3n) is 1.74. The first kappa shape index (κ1) is 11.7. The van der Waals surface area contributed by atoms with Crippen LogP contribution >= 0.6 is 0 Å². The molecule has 0 saturated carbocycles. The fourth-order valence-corrected chi connectivity index (χ4v) is 0.633. The molecule has 2 amide bonds. The molecule has 1 N–H and O–H groups in total. The molecule has 5 nitrogen and oxygen atoms in total. The van der Waals surface area contributed by atoms with Crippen LogP contribution in [0.2, 0.25) is 0 Å². The van der Waals surface area contributed by atoms with Gasteiger partial charge in [0.25, 0.3) is 0 Å². The number of likely N-dealkylation sites (N-methyl/N-ethyl adjacent to an activating group) is 1. The molecule has 0 aromatic carbocycles. The summed E-state index contributed by atoms with van der Waals surface area (Å²) < 4.78 is 4.32. The molecule has 0 fully saturated rings. The van der Waals surface area contributed by atoms with Gasteiger partial charge in [-0.3, -0.25) is 4.79 Å². The molecule has 0 atom stereocenters. The van der Waals surface area contributed by atoms with Crippen molar-refractivity contribution in [3.8, 4) is 0 Å². The molecule has 0 saturated heterocycles. The number of nitrogens with zero attached hydrogens (tertiary/aromatic N) is 1. The van der Waals surface area contributed by atoms with Crippen LogP contribution in [-0.2, 0) is 9.53 Å². The number of carbonyl (C=O) groups excluding carboxylic acids is 2. The van der Waals surface area contributed by atoms with E-state index in [2.05, 4.69) is 10.1 Å². The summed E-state index contributed by atoms with van der Waals surface area (Å²) in [7, 11) is 2.94. The topological polar surface area (TPSA) is 58.6 Å². The molecule has 0 aromatic heterocycles. The molecule has 0 bridgehead atoms. The third-order valence-corrected chi connectivity index (χ3v) is 1.74. The van der Waals surface area contributed by atoms with Gasteiger partial charge < -0.3 is 15.0 Å². The Labute approximate surface area is 78.0 Å². The zero-order chi connectivity index (χ0) is 10.4. The Morgan fingerprint density at radius 2 is 2.00 bits per heavy atom. The van der Waals surface area contributed by atoms with E-state index in [9.17, 15) is 9.59 Å². The van der Waals surface area contributed by atoms with Crippen molar-refractivity contribution in [3.05, 3.63) is 0 Å². The van der Waals surface area contributed by atoms with Gasteiger partial charge in [-0.1, -0.05) is 0 Å². The van der Waals surface area contributed by atoms with Crippen molar-refractivity contribution in [3.63, 3.8) is 0 Å². The van der Waals surface area contributed by atoms with Gasteiger partial charge in [0.05, 0.1) is 7.11 Å². The van der Waals surface area contributed by atoms with Crippen LogP contribution in [0.1, 0.15) is 13.8 Å². The molecule has 5 heteroatoms. The van der Waals surface area contributed by atoms with Crippen molar-refractivity contribution in [2.75, 3.05) is 20.7 Å². The van der Waals surface area contributed by atoms with Gasteiger partial charge in [0.15, 0.2) is 0 Å². The van der Waals surface area contributed by atoms with E-state index in [-0.39, 0.29) is 18.5 Å². The summed E-state index contributed by atoms with van der Waals surface area (Å²) in [5, 5.41) is 2.32. The molecule has 76 valence electrons. The van der Waals surface area contributed by atoms with E-state index in [1.165, 1.54) is 7.11 Å². The van der Waals surface area contributed by atoms with Crippen molar-refractivity contribution in [2.24, 2.45) is 0 Å². The third kappa shape index (κ3) is 4.35. The number of amides is 2. The van der Waals surface area contributed by atoms with E-state index >= 15 is 0 Å². The highest BCUT2D eigenvalue weighted by molar-refractivity contribution is 5.82. The van der Waals surface area contributed by atoms with Crippen molar-refractivity contribution < 1.29 is 14.3 Å². The Balaban J connectivity index is 3.81. The SMILES string of the molecule is COC(=O)NCC(=O)N(C)C(C)C. The summed E-state index contributed by atoms with van der Waals surface area (Å²) >= 11 is 0. The average molecular weight is 188 g/mol. The minimum absolute atomic E-state index is 0.0264. The molecule has 0 aliphatic rings. The maximum Gasteiger partial charge on any atom is 0.407 e. The van der Waals surface area contributed by atoms with Crippen LogP contribution in [-0.4, -0.2) is 43.6 Å². The number of ether oxygens (including phenoxy) is 1. The quantitative estimate of drug-likeness (QED) is 0.688. The van der Waals surface area contributed by atoms with E-state index in [4.69, 9.17) is 0 Å². The maximum absolute atomic E-state index is 11.3. The van der Waals surface area contributed by atoms with E-state index < -0.39 is 6.09 Å². The number of hydrogen-bond donors (Lipinski definition) is 1. The van der Waals surface area contributed by atoms with Crippen LogP contribution < -0.4 is 5.32 Å². The van der Waals surface area contributed by atoms with E-state index in [1.807, 2.05) is 13.8 Å². The molecule has 0 radical (unpaired) electrons. The Morgan fingerprint density at radius 3 is 2.38 bits per heavy atom. The lowest BCUT2D eigenvalue weighted by molar-refractivity contribution is -0.130. The summed E-state index contributed by atoms with van der Waals surface area (Å²) in [4.78, 5) is 23.4. The summed E-state index contributed by atoms with van der Waals surface area (Å²) in [5.74, 6) is -0.139. The van der Waals surface area contributed by atoms with Crippen molar-refractivity contribution >= 4 is 12.0 Å². The van der Waals surface area contributed by atoms with Crippen LogP contribution in [0.4, 0.5) is 4.79 Å². The average Bonchev–Trinajstić information content (AvgIpc) is 2.11. The predicted octanol–water partition coefficient (Wildman–Crippen LogP) is 0.209. The van der Waals surface area contributed by atoms with Crippen LogP contribution in [0, 0.1) is 0 Å². The fraction of sp³-hybridized carbons (Fsp3) is 0.750. The van der Waals surface area contributed by atoms with Crippen LogP contribution in [0.3, 0.4) is 0 Å². The summed E-state index contributed by atoms with van der Waals surface area (Å²) in [6.07, 6.45) is -0.592. The Hall–Kier alpha value is -1.26. The van der Waals surface area contributed by atoms with Gasteiger partial charge in [-0.2, -0.15) is 0 Å². The van der Waals surface area contributed by atoms with Gasteiger partial charge >= 0.3 is 6.09 Å². The van der Waals surface area contributed by atoms with Gasteiger partial charge in [0.2, 0.25) is 5.91 Å². The largest absolute Gasteiger partial charge is 0.453 e. The van der Waals surface area contributed by atoms with E-state index in [0.29, 0.717) is 0 Å². The number of hydrogen-bond acceptors (Lipinski definition) is 3. The normalized spacial score (nSPS) is 9.62. The highest BCUT2D eigenvalue weighted by atomic mass is 16.5. The predicted molar refractivity (Wildman–Crippen MR) is 48.3 cm³/mol. The first-order chi connectivity index (χ1) is 5.99. The maximum atomic E-state index is 11.3. The van der Waals surface area contributed by atoms with Gasteiger partial charge in [-0.25, -0.2) is 4.79 Å². The second-order valence-electron chi connectivity index (χ2n) is 2.94. The zero-order valence-electron chi connectivity index (χ0n) is 8.46. The van der Waals surface area contributed by atoms with Crippen LogP contribution in [0.15, 0.2) is 0 Å². The molecular weight excluding hydrogens is 172 g/mol. The Kier molecular flexibility index (Phi) is 4.87. The standard InChI is InChI=1S/C8H16N2O3/c1-6(2)10(3)7(11)5-9-8(12)13-4/h6H,5H2,1-4H3,(H,9,12). The Bertz CT molecular complexity index is 192. The minimum atomic E-state index is -0.592. The molecule has 0 aliphatic carbocycles. The first-order valence-corrected chi connectivity index (χ1v) is 4.06. The summed E-state index contributed by atoms with van der Waals surface area (Å²) in [6, 6.07) is 0.131. The second kappa shape index (κ2) is 5.40. The fourth-order valence-electron chi connectivity index (χ4n) is 0.633. The van der Waals surface area contributed by atoms with E-state index in [0.717, 1.165) is 0 Å². The smallest absolute Gasteiger partial charge is 0.407 e. The first-order valence-electron chi connectivity index (χ1n) is 4.06. The molecule has 0 aliphatic heterocycles. The monoisotopic (exact) mass is 188 g/mol. The van der Waals surface area contributed by atoms with Crippen molar-refractivity contribution in [1.82, 2.24) is 10.2 Å². The molecular formula is C8H16N2O3. The summed E-state index contributed by atoms with van der Waals surface area (Å²) in [5.41, 5.74) is 0. The van der Waals surface area contributed by atoms with Gasteiger partial charge in [-0.05, 0) is 13.8 Å². The minimum Gasteiger partial charge on any atom is -0.453 e. The van der Waals surface area contributed by atoms with Crippen LogP contribution in [0.25, 0.3) is 0 Å². The molecule has 0 aromatic rings. The highest BCUT2D eigenvalue weighted by Gasteiger charge is 2.12. The Morgan fingerprint density at radius 1 is 1.46 bits per heavy atom. The van der Waals surface area contributed by atoms with Gasteiger partial charge in [0, 0.05) is 13.1 Å². The van der Waals surface area contributed by atoms with Crippen molar-refractivity contribution in [1.29, 1.82) is 0 Å². The number of alkyl carbamates (subject to hydrolysis) is 1.